The van der Waals surface area contributed by atoms with Crippen LogP contribution in [0.1, 0.15) is 43.4 Å². The third-order valence-electron chi connectivity index (χ3n) is 6.51. The van der Waals surface area contributed by atoms with E-state index in [2.05, 4.69) is 37.2 Å². The Hall–Kier alpha value is -2.23. The van der Waals surface area contributed by atoms with Gasteiger partial charge in [-0.2, -0.15) is 0 Å². The number of ether oxygens (including phenoxy) is 3. The molecule has 2 aromatic carbocycles. The molecular formula is C25H25Br2NO6. The molecule has 180 valence electrons. The SMILES string of the molecule is CCOC(=O)C1(C(=O)OCC)C(c2cccc(Br)c2)[C@]2(CCOC2=O)N[C@H]1c1ccc(Br)cc1. The molecule has 1 spiro atoms. The van der Waals surface area contributed by atoms with Crippen molar-refractivity contribution in [2.45, 2.75) is 37.8 Å². The first-order valence-electron chi connectivity index (χ1n) is 11.1. The van der Waals surface area contributed by atoms with Crippen LogP contribution in [0.2, 0.25) is 0 Å². The summed E-state index contributed by atoms with van der Waals surface area (Å²) in [6, 6.07) is 13.6. The quantitative estimate of drug-likeness (QED) is 0.300. The van der Waals surface area contributed by atoms with Gasteiger partial charge in [-0.3, -0.25) is 19.7 Å². The Kier molecular flexibility index (Phi) is 7.17. The van der Waals surface area contributed by atoms with E-state index in [0.717, 1.165) is 8.95 Å². The van der Waals surface area contributed by atoms with Crippen molar-refractivity contribution in [3.05, 3.63) is 68.6 Å². The van der Waals surface area contributed by atoms with Crippen molar-refractivity contribution in [2.24, 2.45) is 5.41 Å². The Morgan fingerprint density at radius 2 is 1.65 bits per heavy atom. The predicted octanol–water partition coefficient (Wildman–Crippen LogP) is 4.44. The van der Waals surface area contributed by atoms with E-state index < -0.39 is 40.8 Å². The minimum absolute atomic E-state index is 0.0652. The first-order chi connectivity index (χ1) is 16.3. The van der Waals surface area contributed by atoms with Crippen LogP contribution in [-0.4, -0.2) is 43.3 Å². The van der Waals surface area contributed by atoms with Gasteiger partial charge in [-0.25, -0.2) is 0 Å². The van der Waals surface area contributed by atoms with Gasteiger partial charge in [0, 0.05) is 21.3 Å². The highest BCUT2D eigenvalue weighted by Crippen LogP contribution is 2.61. The molecule has 3 atom stereocenters. The predicted molar refractivity (Wildman–Crippen MR) is 131 cm³/mol. The molecular weight excluding hydrogens is 570 g/mol. The Labute approximate surface area is 214 Å². The van der Waals surface area contributed by atoms with E-state index in [4.69, 9.17) is 14.2 Å². The lowest BCUT2D eigenvalue weighted by atomic mass is 9.62. The van der Waals surface area contributed by atoms with E-state index in [1.165, 1.54) is 0 Å². The summed E-state index contributed by atoms with van der Waals surface area (Å²) in [5, 5.41) is 3.38. The molecule has 0 saturated carbocycles. The Bertz CT molecular complexity index is 1090. The lowest BCUT2D eigenvalue weighted by molar-refractivity contribution is -0.175. The smallest absolute Gasteiger partial charge is 0.327 e. The highest BCUT2D eigenvalue weighted by molar-refractivity contribution is 9.10. The van der Waals surface area contributed by atoms with Crippen LogP contribution in [0.5, 0.6) is 0 Å². The number of rotatable bonds is 6. The van der Waals surface area contributed by atoms with Crippen molar-refractivity contribution in [1.29, 1.82) is 0 Å². The van der Waals surface area contributed by atoms with Crippen LogP contribution >= 0.6 is 31.9 Å². The monoisotopic (exact) mass is 593 g/mol. The molecule has 7 nitrogen and oxygen atoms in total. The number of esters is 3. The molecule has 34 heavy (non-hydrogen) atoms. The number of benzene rings is 2. The number of carbonyl (C=O) groups is 3. The van der Waals surface area contributed by atoms with Gasteiger partial charge >= 0.3 is 17.9 Å². The van der Waals surface area contributed by atoms with Gasteiger partial charge in [-0.15, -0.1) is 0 Å². The van der Waals surface area contributed by atoms with E-state index in [9.17, 15) is 14.4 Å². The minimum Gasteiger partial charge on any atom is -0.465 e. The fraction of sp³-hybridized carbons (Fsp3) is 0.400. The van der Waals surface area contributed by atoms with Gasteiger partial charge < -0.3 is 14.2 Å². The number of carbonyl (C=O) groups excluding carboxylic acids is 3. The zero-order valence-electron chi connectivity index (χ0n) is 18.8. The molecule has 0 aromatic heterocycles. The number of cyclic esters (lactones) is 1. The zero-order chi connectivity index (χ0) is 24.5. The van der Waals surface area contributed by atoms with Crippen LogP contribution in [-0.2, 0) is 28.6 Å². The third-order valence-corrected chi connectivity index (χ3v) is 7.53. The fourth-order valence-electron chi connectivity index (χ4n) is 5.23. The summed E-state index contributed by atoms with van der Waals surface area (Å²) in [6.45, 7) is 3.67. The van der Waals surface area contributed by atoms with Crippen molar-refractivity contribution in [2.75, 3.05) is 19.8 Å². The minimum atomic E-state index is -1.87. The van der Waals surface area contributed by atoms with Crippen molar-refractivity contribution < 1.29 is 28.6 Å². The summed E-state index contributed by atoms with van der Waals surface area (Å²) in [4.78, 5) is 41.2. The number of halogens is 2. The molecule has 0 bridgehead atoms. The van der Waals surface area contributed by atoms with Gasteiger partial charge in [0.25, 0.3) is 0 Å². The van der Waals surface area contributed by atoms with Gasteiger partial charge in [0.05, 0.1) is 25.9 Å². The molecule has 4 rings (SSSR count). The maximum absolute atomic E-state index is 13.9. The highest BCUT2D eigenvalue weighted by Gasteiger charge is 2.75. The van der Waals surface area contributed by atoms with E-state index in [0.29, 0.717) is 11.1 Å². The number of hydrogen-bond donors (Lipinski definition) is 1. The van der Waals surface area contributed by atoms with Crippen LogP contribution in [0.4, 0.5) is 0 Å². The second-order valence-corrected chi connectivity index (χ2v) is 10.1. The van der Waals surface area contributed by atoms with Gasteiger partial charge in [-0.1, -0.05) is 56.1 Å². The lowest BCUT2D eigenvalue weighted by Crippen LogP contribution is -2.52. The molecule has 1 unspecified atom stereocenters. The van der Waals surface area contributed by atoms with E-state index >= 15 is 0 Å². The Morgan fingerprint density at radius 1 is 1.00 bits per heavy atom. The molecule has 2 saturated heterocycles. The van der Waals surface area contributed by atoms with E-state index in [1.807, 2.05) is 42.5 Å². The first-order valence-corrected chi connectivity index (χ1v) is 12.7. The fourth-order valence-corrected chi connectivity index (χ4v) is 5.91. The highest BCUT2D eigenvalue weighted by atomic mass is 79.9. The second kappa shape index (κ2) is 9.79. The van der Waals surface area contributed by atoms with Gasteiger partial charge in [0.1, 0.15) is 5.54 Å². The first kappa shape index (κ1) is 24.9. The molecule has 0 radical (unpaired) electrons. The van der Waals surface area contributed by atoms with Crippen LogP contribution in [0.25, 0.3) is 0 Å². The molecule has 0 aliphatic carbocycles. The van der Waals surface area contributed by atoms with E-state index in [1.54, 1.807) is 19.9 Å². The lowest BCUT2D eigenvalue weighted by Gasteiger charge is -2.37. The largest absolute Gasteiger partial charge is 0.465 e. The Morgan fingerprint density at radius 3 is 2.18 bits per heavy atom. The topological polar surface area (TPSA) is 90.9 Å². The van der Waals surface area contributed by atoms with E-state index in [-0.39, 0.29) is 26.2 Å². The van der Waals surface area contributed by atoms with Crippen LogP contribution < -0.4 is 5.32 Å². The molecule has 1 N–H and O–H groups in total. The molecule has 2 aliphatic heterocycles. The van der Waals surface area contributed by atoms with Crippen molar-refractivity contribution >= 4 is 49.8 Å². The maximum Gasteiger partial charge on any atom is 0.327 e. The second-order valence-electron chi connectivity index (χ2n) is 8.28. The summed E-state index contributed by atoms with van der Waals surface area (Å²) >= 11 is 6.92. The van der Waals surface area contributed by atoms with Crippen molar-refractivity contribution in [3.8, 4) is 0 Å². The molecule has 2 aliphatic rings. The van der Waals surface area contributed by atoms with Crippen LogP contribution in [0.15, 0.2) is 57.5 Å². The normalized spacial score (nSPS) is 25.2. The molecule has 0 amide bonds. The maximum atomic E-state index is 13.9. The van der Waals surface area contributed by atoms with Crippen molar-refractivity contribution in [1.82, 2.24) is 5.32 Å². The summed E-state index contributed by atoms with van der Waals surface area (Å²) in [6.07, 6.45) is 0.288. The summed E-state index contributed by atoms with van der Waals surface area (Å²) in [5.74, 6) is -2.92. The third kappa shape index (κ3) is 3.87. The standard InChI is InChI=1S/C25H25Br2NO6/c1-3-32-22(30)25(23(31)33-4-2)19(16-6-5-7-18(27)14-16)24(12-13-34-21(24)29)28-20(25)15-8-10-17(26)11-9-15/h5-11,14,19-20,28H,3-4,12-13H2,1-2H3/t19?,20-,24-/m0/s1. The number of hydrogen-bond acceptors (Lipinski definition) is 7. The van der Waals surface area contributed by atoms with Crippen molar-refractivity contribution in [3.63, 3.8) is 0 Å². The van der Waals surface area contributed by atoms with Gasteiger partial charge in [-0.05, 0) is 49.2 Å². The summed E-state index contributed by atoms with van der Waals surface area (Å²) in [5.41, 5.74) is -1.91. The summed E-state index contributed by atoms with van der Waals surface area (Å²) < 4.78 is 18.1. The summed E-state index contributed by atoms with van der Waals surface area (Å²) in [7, 11) is 0. The zero-order valence-corrected chi connectivity index (χ0v) is 22.0. The average molecular weight is 595 g/mol. The average Bonchev–Trinajstić information content (AvgIpc) is 3.33. The molecule has 2 aromatic rings. The van der Waals surface area contributed by atoms with Gasteiger partial charge in [0.2, 0.25) is 0 Å². The number of nitrogens with one attached hydrogen (secondary N) is 1. The van der Waals surface area contributed by atoms with Gasteiger partial charge in [0.15, 0.2) is 5.41 Å². The van der Waals surface area contributed by atoms with Crippen LogP contribution in [0, 0.1) is 5.41 Å². The van der Waals surface area contributed by atoms with Crippen LogP contribution in [0.3, 0.4) is 0 Å². The molecule has 2 heterocycles. The molecule has 2 fully saturated rings. The molecule has 9 heteroatoms. The Balaban J connectivity index is 2.06.